The summed E-state index contributed by atoms with van der Waals surface area (Å²) in [5.74, 6) is 6.09. The Hall–Kier alpha value is -1.06. The van der Waals surface area contributed by atoms with E-state index < -0.39 is 5.60 Å². The molecule has 14 heavy (non-hydrogen) atoms. The highest BCUT2D eigenvalue weighted by atomic mass is 16.6. The molecule has 1 aromatic rings. The van der Waals surface area contributed by atoms with Gasteiger partial charge in [0, 0.05) is 5.56 Å². The van der Waals surface area contributed by atoms with E-state index in [0.717, 1.165) is 16.9 Å². The molecule has 3 heteroatoms. The van der Waals surface area contributed by atoms with E-state index in [2.05, 4.69) is 0 Å². The van der Waals surface area contributed by atoms with Crippen LogP contribution in [0.25, 0.3) is 0 Å². The number of ether oxygens (including phenoxy) is 1. The Balaban J connectivity index is 3.27. The Morgan fingerprint density at radius 1 is 1.29 bits per heavy atom. The number of rotatable bonds is 3. The third-order valence-corrected chi connectivity index (χ3v) is 2.36. The number of benzene rings is 1. The van der Waals surface area contributed by atoms with Crippen molar-refractivity contribution >= 4 is 0 Å². The van der Waals surface area contributed by atoms with Gasteiger partial charge in [-0.25, -0.2) is 5.90 Å². The number of methoxy groups -OCH3 is 1. The molecule has 0 unspecified atom stereocenters. The molecule has 0 amide bonds. The van der Waals surface area contributed by atoms with Crippen molar-refractivity contribution in [3.05, 3.63) is 29.3 Å². The summed E-state index contributed by atoms with van der Waals surface area (Å²) < 4.78 is 5.33. The Morgan fingerprint density at radius 2 is 1.93 bits per heavy atom. The van der Waals surface area contributed by atoms with E-state index in [-0.39, 0.29) is 0 Å². The van der Waals surface area contributed by atoms with Gasteiger partial charge in [0.05, 0.1) is 7.11 Å². The summed E-state index contributed by atoms with van der Waals surface area (Å²) in [4.78, 5) is 4.94. The standard InChI is InChI=1S/C11H17NO2/c1-8-6-5-7-9(10(8)13-4)11(2,3)14-12/h5-7H,12H2,1-4H3. The largest absolute Gasteiger partial charge is 0.496 e. The molecule has 0 aliphatic heterocycles. The highest BCUT2D eigenvalue weighted by molar-refractivity contribution is 5.43. The van der Waals surface area contributed by atoms with Crippen LogP contribution in [-0.4, -0.2) is 7.11 Å². The number of aryl methyl sites for hydroxylation is 1. The summed E-state index contributed by atoms with van der Waals surface area (Å²) >= 11 is 0. The molecule has 0 spiro atoms. The first-order valence-corrected chi connectivity index (χ1v) is 4.55. The van der Waals surface area contributed by atoms with Crippen LogP contribution < -0.4 is 10.6 Å². The third kappa shape index (κ3) is 1.89. The molecule has 0 aromatic heterocycles. The lowest BCUT2D eigenvalue weighted by Gasteiger charge is -2.25. The molecule has 0 fully saturated rings. The Bertz CT molecular complexity index is 321. The van der Waals surface area contributed by atoms with Crippen LogP contribution in [0.15, 0.2) is 18.2 Å². The van der Waals surface area contributed by atoms with Gasteiger partial charge in [0.15, 0.2) is 0 Å². The second-order valence-corrected chi connectivity index (χ2v) is 3.78. The fraction of sp³-hybridized carbons (Fsp3) is 0.455. The predicted molar refractivity (Wildman–Crippen MR) is 56.0 cm³/mol. The summed E-state index contributed by atoms with van der Waals surface area (Å²) in [6.07, 6.45) is 0. The molecule has 78 valence electrons. The van der Waals surface area contributed by atoms with Crippen molar-refractivity contribution in [3.63, 3.8) is 0 Å². The number of hydrogen-bond acceptors (Lipinski definition) is 3. The predicted octanol–water partition coefficient (Wildman–Crippen LogP) is 2.13. The van der Waals surface area contributed by atoms with E-state index >= 15 is 0 Å². The number of hydrogen-bond donors (Lipinski definition) is 1. The molecule has 1 aromatic carbocycles. The molecule has 0 saturated heterocycles. The zero-order chi connectivity index (χ0) is 10.8. The fourth-order valence-corrected chi connectivity index (χ4v) is 1.46. The molecule has 0 aliphatic carbocycles. The minimum Gasteiger partial charge on any atom is -0.496 e. The van der Waals surface area contributed by atoms with Crippen LogP contribution in [0, 0.1) is 6.92 Å². The zero-order valence-corrected chi connectivity index (χ0v) is 9.13. The van der Waals surface area contributed by atoms with Gasteiger partial charge >= 0.3 is 0 Å². The third-order valence-electron chi connectivity index (χ3n) is 2.36. The van der Waals surface area contributed by atoms with Crippen molar-refractivity contribution in [2.24, 2.45) is 5.90 Å². The van der Waals surface area contributed by atoms with Crippen molar-refractivity contribution in [3.8, 4) is 5.75 Å². The van der Waals surface area contributed by atoms with E-state index in [0.29, 0.717) is 0 Å². The monoisotopic (exact) mass is 195 g/mol. The van der Waals surface area contributed by atoms with Gasteiger partial charge in [-0.1, -0.05) is 18.2 Å². The second kappa shape index (κ2) is 3.98. The van der Waals surface area contributed by atoms with Gasteiger partial charge in [0.25, 0.3) is 0 Å². The van der Waals surface area contributed by atoms with Gasteiger partial charge in [-0.3, -0.25) is 4.84 Å². The molecule has 0 atom stereocenters. The van der Waals surface area contributed by atoms with Crippen LogP contribution in [-0.2, 0) is 10.4 Å². The van der Waals surface area contributed by atoms with Crippen molar-refractivity contribution in [2.75, 3.05) is 7.11 Å². The molecule has 0 radical (unpaired) electrons. The van der Waals surface area contributed by atoms with Crippen molar-refractivity contribution < 1.29 is 9.57 Å². The Morgan fingerprint density at radius 3 is 2.43 bits per heavy atom. The lowest BCUT2D eigenvalue weighted by Crippen LogP contribution is -2.26. The summed E-state index contributed by atoms with van der Waals surface area (Å²) in [6, 6.07) is 5.92. The quantitative estimate of drug-likeness (QED) is 0.751. The number of nitrogens with two attached hydrogens (primary N) is 1. The van der Waals surface area contributed by atoms with Crippen molar-refractivity contribution in [1.29, 1.82) is 0 Å². The van der Waals surface area contributed by atoms with Crippen LogP contribution in [0.2, 0.25) is 0 Å². The summed E-state index contributed by atoms with van der Waals surface area (Å²) in [5, 5.41) is 0. The zero-order valence-electron chi connectivity index (χ0n) is 9.13. The average molecular weight is 195 g/mol. The molecule has 0 heterocycles. The molecular formula is C11H17NO2. The SMILES string of the molecule is COc1c(C)cccc1C(C)(C)ON. The van der Waals surface area contributed by atoms with E-state index in [1.807, 2.05) is 39.0 Å². The maximum absolute atomic E-state index is 5.33. The van der Waals surface area contributed by atoms with Crippen LogP contribution in [0.1, 0.15) is 25.0 Å². The van der Waals surface area contributed by atoms with Gasteiger partial charge in [-0.15, -0.1) is 0 Å². The molecule has 0 bridgehead atoms. The van der Waals surface area contributed by atoms with E-state index in [4.69, 9.17) is 15.5 Å². The summed E-state index contributed by atoms with van der Waals surface area (Å²) in [5.41, 5.74) is 1.51. The highest BCUT2D eigenvalue weighted by Gasteiger charge is 2.25. The first-order valence-electron chi connectivity index (χ1n) is 4.55. The summed E-state index contributed by atoms with van der Waals surface area (Å²) in [6.45, 7) is 5.81. The summed E-state index contributed by atoms with van der Waals surface area (Å²) in [7, 11) is 1.65. The lowest BCUT2D eigenvalue weighted by atomic mass is 9.95. The average Bonchev–Trinajstić information content (AvgIpc) is 2.17. The van der Waals surface area contributed by atoms with Gasteiger partial charge in [-0.2, -0.15) is 0 Å². The van der Waals surface area contributed by atoms with Crippen LogP contribution in [0.3, 0.4) is 0 Å². The molecule has 0 saturated carbocycles. The topological polar surface area (TPSA) is 44.5 Å². The van der Waals surface area contributed by atoms with Crippen molar-refractivity contribution in [2.45, 2.75) is 26.4 Å². The highest BCUT2D eigenvalue weighted by Crippen LogP contribution is 2.33. The van der Waals surface area contributed by atoms with Gasteiger partial charge in [0.1, 0.15) is 11.4 Å². The maximum Gasteiger partial charge on any atom is 0.127 e. The molecule has 1 rings (SSSR count). The molecular weight excluding hydrogens is 178 g/mol. The number of para-hydroxylation sites is 1. The second-order valence-electron chi connectivity index (χ2n) is 3.78. The van der Waals surface area contributed by atoms with Gasteiger partial charge in [0.2, 0.25) is 0 Å². The van der Waals surface area contributed by atoms with E-state index in [1.54, 1.807) is 7.11 Å². The smallest absolute Gasteiger partial charge is 0.127 e. The lowest BCUT2D eigenvalue weighted by molar-refractivity contribution is -0.0251. The minimum absolute atomic E-state index is 0.530. The van der Waals surface area contributed by atoms with Crippen LogP contribution in [0.5, 0.6) is 5.75 Å². The fourth-order valence-electron chi connectivity index (χ4n) is 1.46. The first-order chi connectivity index (χ1) is 6.53. The van der Waals surface area contributed by atoms with Gasteiger partial charge in [-0.05, 0) is 26.3 Å². The molecule has 0 aliphatic rings. The first kappa shape index (κ1) is 11.0. The van der Waals surface area contributed by atoms with E-state index in [1.165, 1.54) is 0 Å². The normalized spacial score (nSPS) is 11.5. The van der Waals surface area contributed by atoms with Crippen molar-refractivity contribution in [1.82, 2.24) is 0 Å². The maximum atomic E-state index is 5.33. The van der Waals surface area contributed by atoms with Gasteiger partial charge < -0.3 is 4.74 Å². The Labute approximate surface area is 84.8 Å². The molecule has 3 nitrogen and oxygen atoms in total. The van der Waals surface area contributed by atoms with Crippen LogP contribution in [0.4, 0.5) is 0 Å². The van der Waals surface area contributed by atoms with Crippen LogP contribution >= 0.6 is 0 Å². The Kier molecular flexibility index (Phi) is 3.13. The minimum atomic E-state index is -0.530. The van der Waals surface area contributed by atoms with E-state index in [9.17, 15) is 0 Å². The molecule has 2 N–H and O–H groups in total.